The number of aromatic amines is 1. The van der Waals surface area contributed by atoms with E-state index in [0.717, 1.165) is 69.9 Å². The van der Waals surface area contributed by atoms with Crippen LogP contribution in [-0.4, -0.2) is 71.5 Å². The Bertz CT molecular complexity index is 774. The number of hydrogen-bond donors (Lipinski definition) is 2. The molecule has 0 aromatic carbocycles. The van der Waals surface area contributed by atoms with Crippen molar-refractivity contribution < 1.29 is 9.47 Å². The molecule has 4 heterocycles. The number of hydrogen-bond acceptors (Lipinski definition) is 6. The molecule has 28 heavy (non-hydrogen) atoms. The van der Waals surface area contributed by atoms with E-state index in [1.54, 1.807) is 6.33 Å². The molecule has 2 saturated heterocycles. The van der Waals surface area contributed by atoms with Crippen molar-refractivity contribution in [2.24, 2.45) is 0 Å². The van der Waals surface area contributed by atoms with E-state index in [4.69, 9.17) is 9.47 Å². The smallest absolute Gasteiger partial charge is 0.143 e. The third-order valence-electron chi connectivity index (χ3n) is 6.76. The number of anilines is 1. The molecule has 3 fully saturated rings. The average Bonchev–Trinajstić information content (AvgIpc) is 3.21. The van der Waals surface area contributed by atoms with E-state index in [1.807, 2.05) is 0 Å². The van der Waals surface area contributed by atoms with Gasteiger partial charge in [0.15, 0.2) is 0 Å². The van der Waals surface area contributed by atoms with Gasteiger partial charge in [-0.1, -0.05) is 0 Å². The van der Waals surface area contributed by atoms with Gasteiger partial charge in [0.05, 0.1) is 18.6 Å². The van der Waals surface area contributed by atoms with E-state index in [-0.39, 0.29) is 0 Å². The van der Waals surface area contributed by atoms with E-state index < -0.39 is 0 Å². The highest BCUT2D eigenvalue weighted by molar-refractivity contribution is 5.90. The molecule has 0 amide bonds. The topological polar surface area (TPSA) is 75.3 Å². The van der Waals surface area contributed by atoms with E-state index in [1.165, 1.54) is 36.6 Å². The van der Waals surface area contributed by atoms with E-state index >= 15 is 0 Å². The lowest BCUT2D eigenvalue weighted by Crippen LogP contribution is -2.46. The van der Waals surface area contributed by atoms with Gasteiger partial charge in [0.25, 0.3) is 0 Å². The first-order valence-corrected chi connectivity index (χ1v) is 10.9. The summed E-state index contributed by atoms with van der Waals surface area (Å²) in [6.07, 6.45) is 10.9. The number of nitrogens with zero attached hydrogens (tertiary/aromatic N) is 3. The number of morpholine rings is 1. The number of nitrogens with one attached hydrogen (secondary N) is 2. The van der Waals surface area contributed by atoms with Crippen molar-refractivity contribution in [2.75, 3.05) is 44.8 Å². The summed E-state index contributed by atoms with van der Waals surface area (Å²) in [6.45, 7) is 5.65. The molecule has 2 N–H and O–H groups in total. The third-order valence-corrected chi connectivity index (χ3v) is 6.76. The second kappa shape index (κ2) is 8.35. The zero-order valence-electron chi connectivity index (χ0n) is 16.5. The molecule has 1 aliphatic carbocycles. The van der Waals surface area contributed by atoms with Crippen molar-refractivity contribution in [2.45, 2.75) is 56.5 Å². The van der Waals surface area contributed by atoms with Gasteiger partial charge in [0.2, 0.25) is 0 Å². The van der Waals surface area contributed by atoms with Crippen LogP contribution in [-0.2, 0) is 9.47 Å². The van der Waals surface area contributed by atoms with E-state index in [2.05, 4.69) is 31.4 Å². The van der Waals surface area contributed by atoms with Crippen LogP contribution in [0.1, 0.15) is 50.0 Å². The molecule has 5 rings (SSSR count). The van der Waals surface area contributed by atoms with E-state index in [0.29, 0.717) is 12.0 Å². The Hall–Kier alpha value is -1.70. The highest BCUT2D eigenvalue weighted by Crippen LogP contribution is 2.35. The molecule has 7 nitrogen and oxygen atoms in total. The van der Waals surface area contributed by atoms with Gasteiger partial charge in [-0.15, -0.1) is 0 Å². The zero-order chi connectivity index (χ0) is 18.8. The first-order valence-electron chi connectivity index (χ1n) is 10.9. The fraction of sp³-hybridized carbons (Fsp3) is 0.714. The lowest BCUT2D eigenvalue weighted by atomic mass is 9.89. The van der Waals surface area contributed by atoms with Crippen LogP contribution in [0.15, 0.2) is 12.5 Å². The van der Waals surface area contributed by atoms with Crippen LogP contribution in [0.3, 0.4) is 0 Å². The SMILES string of the molecule is c1nc(N[C@H]2CC[C@@H](N3CCOCC3)CC2)c2c(C3CCOCC3)c[nH]c2n1. The summed E-state index contributed by atoms with van der Waals surface area (Å²) in [5.41, 5.74) is 2.30. The van der Waals surface area contributed by atoms with Crippen molar-refractivity contribution in [3.05, 3.63) is 18.1 Å². The van der Waals surface area contributed by atoms with Gasteiger partial charge >= 0.3 is 0 Å². The van der Waals surface area contributed by atoms with Crippen molar-refractivity contribution in [3.63, 3.8) is 0 Å². The molecule has 0 bridgehead atoms. The van der Waals surface area contributed by atoms with Crippen LogP contribution in [0.5, 0.6) is 0 Å². The first-order chi connectivity index (χ1) is 13.9. The lowest BCUT2D eigenvalue weighted by molar-refractivity contribution is 0.00791. The van der Waals surface area contributed by atoms with Crippen molar-refractivity contribution in [3.8, 4) is 0 Å². The van der Waals surface area contributed by atoms with Gasteiger partial charge in [0.1, 0.15) is 17.8 Å². The Labute approximate surface area is 166 Å². The fourth-order valence-electron chi connectivity index (χ4n) is 5.15. The summed E-state index contributed by atoms with van der Waals surface area (Å²) in [7, 11) is 0. The molecule has 2 aromatic rings. The maximum Gasteiger partial charge on any atom is 0.143 e. The highest BCUT2D eigenvalue weighted by Gasteiger charge is 2.28. The standard InChI is InChI=1S/C21H31N5O2/c1-3-17(26-7-11-28-12-8-26)4-2-16(1)25-21-19-18(15-5-9-27-10-6-15)13-22-20(19)23-14-24-21/h13-17H,1-12H2,(H2,22,23,24,25)/t16-,17+. The molecule has 7 heteroatoms. The molecule has 0 spiro atoms. The minimum absolute atomic E-state index is 0.493. The molecule has 0 atom stereocenters. The Morgan fingerprint density at radius 1 is 0.929 bits per heavy atom. The van der Waals surface area contributed by atoms with Gasteiger partial charge in [-0.3, -0.25) is 4.90 Å². The van der Waals surface area contributed by atoms with Crippen LogP contribution in [0.25, 0.3) is 11.0 Å². The number of fused-ring (bicyclic) bond motifs is 1. The predicted octanol–water partition coefficient (Wildman–Crippen LogP) is 2.91. The average molecular weight is 386 g/mol. The molecule has 2 aromatic heterocycles. The summed E-state index contributed by atoms with van der Waals surface area (Å²) in [4.78, 5) is 15.1. The first kappa shape index (κ1) is 18.3. The van der Waals surface area contributed by atoms with Gasteiger partial charge in [-0.05, 0) is 50.0 Å². The lowest BCUT2D eigenvalue weighted by Gasteiger charge is -2.39. The number of aromatic nitrogens is 3. The van der Waals surface area contributed by atoms with Gasteiger partial charge < -0.3 is 19.8 Å². The van der Waals surface area contributed by atoms with Crippen LogP contribution in [0.4, 0.5) is 5.82 Å². The molecular formula is C21H31N5O2. The molecule has 152 valence electrons. The molecule has 3 aliphatic rings. The molecular weight excluding hydrogens is 354 g/mol. The quantitative estimate of drug-likeness (QED) is 0.843. The van der Waals surface area contributed by atoms with Crippen LogP contribution in [0.2, 0.25) is 0 Å². The number of rotatable bonds is 4. The van der Waals surface area contributed by atoms with Crippen LogP contribution >= 0.6 is 0 Å². The van der Waals surface area contributed by atoms with Crippen LogP contribution in [0, 0.1) is 0 Å². The normalized spacial score (nSPS) is 27.9. The maximum atomic E-state index is 5.55. The summed E-state index contributed by atoms with van der Waals surface area (Å²) in [6, 6.07) is 1.21. The summed E-state index contributed by atoms with van der Waals surface area (Å²) < 4.78 is 11.1. The summed E-state index contributed by atoms with van der Waals surface area (Å²) in [5, 5.41) is 4.95. The minimum atomic E-state index is 0.493. The number of ether oxygens (including phenoxy) is 2. The Morgan fingerprint density at radius 3 is 2.46 bits per heavy atom. The number of H-pyrrole nitrogens is 1. The summed E-state index contributed by atoms with van der Waals surface area (Å²) >= 11 is 0. The zero-order valence-corrected chi connectivity index (χ0v) is 16.5. The third kappa shape index (κ3) is 3.75. The second-order valence-electron chi connectivity index (χ2n) is 8.37. The molecule has 1 saturated carbocycles. The minimum Gasteiger partial charge on any atom is -0.381 e. The highest BCUT2D eigenvalue weighted by atomic mass is 16.5. The largest absolute Gasteiger partial charge is 0.381 e. The fourth-order valence-corrected chi connectivity index (χ4v) is 5.15. The molecule has 2 aliphatic heterocycles. The maximum absolute atomic E-state index is 5.55. The molecule has 0 radical (unpaired) electrons. The second-order valence-corrected chi connectivity index (χ2v) is 8.37. The summed E-state index contributed by atoms with van der Waals surface area (Å²) in [5.74, 6) is 1.54. The predicted molar refractivity (Wildman–Crippen MR) is 109 cm³/mol. The van der Waals surface area contributed by atoms with Crippen molar-refractivity contribution in [1.82, 2.24) is 19.9 Å². The van der Waals surface area contributed by atoms with Crippen LogP contribution < -0.4 is 5.32 Å². The Kier molecular flexibility index (Phi) is 5.47. The molecule has 0 unspecified atom stereocenters. The monoisotopic (exact) mass is 385 g/mol. The van der Waals surface area contributed by atoms with Gasteiger partial charge in [0, 0.05) is 44.6 Å². The van der Waals surface area contributed by atoms with Crippen molar-refractivity contribution >= 4 is 16.9 Å². The van der Waals surface area contributed by atoms with E-state index in [9.17, 15) is 0 Å². The Morgan fingerprint density at radius 2 is 1.68 bits per heavy atom. The van der Waals surface area contributed by atoms with Gasteiger partial charge in [-0.2, -0.15) is 0 Å². The Balaban J connectivity index is 1.28. The van der Waals surface area contributed by atoms with Gasteiger partial charge in [-0.25, -0.2) is 9.97 Å². The van der Waals surface area contributed by atoms with Crippen molar-refractivity contribution in [1.29, 1.82) is 0 Å².